The molecule has 1 aliphatic heterocycles. The topological polar surface area (TPSA) is 85.3 Å². The number of hydrogen-bond donors (Lipinski definition) is 0. The molecular weight excluding hydrogens is 400 g/mol. The summed E-state index contributed by atoms with van der Waals surface area (Å²) in [6, 6.07) is 5.18. The van der Waals surface area contributed by atoms with Gasteiger partial charge in [-0.15, -0.1) is 5.10 Å². The fourth-order valence-electron chi connectivity index (χ4n) is 5.08. The first-order chi connectivity index (χ1) is 14.2. The molecule has 1 amide bonds. The van der Waals surface area contributed by atoms with Gasteiger partial charge in [0.05, 0.1) is 22.8 Å². The minimum absolute atomic E-state index is 0.0118. The molecule has 1 saturated carbocycles. The Morgan fingerprint density at radius 1 is 1.30 bits per heavy atom. The maximum Gasteiger partial charge on any atom is 0.264 e. The average Bonchev–Trinajstić information content (AvgIpc) is 3.07. The van der Waals surface area contributed by atoms with E-state index in [4.69, 9.17) is 9.72 Å². The smallest absolute Gasteiger partial charge is 0.264 e. The lowest BCUT2D eigenvalue weighted by atomic mass is 9.70. The molecule has 2 heterocycles. The van der Waals surface area contributed by atoms with E-state index >= 15 is 0 Å². The van der Waals surface area contributed by atoms with Crippen molar-refractivity contribution in [3.63, 3.8) is 0 Å². The van der Waals surface area contributed by atoms with Gasteiger partial charge in [0, 0.05) is 23.9 Å². The van der Waals surface area contributed by atoms with Crippen LogP contribution in [-0.4, -0.2) is 46.3 Å². The largest absolute Gasteiger partial charge is 0.482 e. The van der Waals surface area contributed by atoms with E-state index in [1.165, 1.54) is 16.7 Å². The number of ether oxygens (including phenoxy) is 1. The summed E-state index contributed by atoms with van der Waals surface area (Å²) in [4.78, 5) is 31.0. The van der Waals surface area contributed by atoms with E-state index in [2.05, 4.69) is 31.0 Å². The number of hydrogen-bond acceptors (Lipinski definition) is 7. The van der Waals surface area contributed by atoms with Crippen LogP contribution in [0.3, 0.4) is 0 Å². The van der Waals surface area contributed by atoms with Crippen LogP contribution >= 0.6 is 11.8 Å². The molecule has 3 aliphatic rings. The Morgan fingerprint density at radius 3 is 2.90 bits per heavy atom. The van der Waals surface area contributed by atoms with Gasteiger partial charge < -0.3 is 9.64 Å². The molecule has 0 N–H and O–H groups in total. The molecule has 30 heavy (non-hydrogen) atoms. The quantitative estimate of drug-likeness (QED) is 0.549. The van der Waals surface area contributed by atoms with Crippen LogP contribution in [0.2, 0.25) is 0 Å². The molecule has 8 heteroatoms. The second-order valence-corrected chi connectivity index (χ2v) is 10.1. The number of ketones is 1. The molecule has 7 nitrogen and oxygen atoms in total. The number of thioether (sulfide) groups is 1. The highest BCUT2D eigenvalue weighted by molar-refractivity contribution is 7.99. The van der Waals surface area contributed by atoms with Gasteiger partial charge in [-0.3, -0.25) is 9.59 Å². The fraction of sp³-hybridized carbons (Fsp3) is 0.500. The lowest BCUT2D eigenvalue weighted by Crippen LogP contribution is -2.35. The van der Waals surface area contributed by atoms with Crippen molar-refractivity contribution in [3.05, 3.63) is 35.2 Å². The third-order valence-corrected chi connectivity index (χ3v) is 8.31. The van der Waals surface area contributed by atoms with Gasteiger partial charge >= 0.3 is 0 Å². The summed E-state index contributed by atoms with van der Waals surface area (Å²) in [5.41, 5.74) is 3.38. The number of anilines is 1. The molecule has 0 unspecified atom stereocenters. The van der Waals surface area contributed by atoms with Crippen molar-refractivity contribution in [2.24, 2.45) is 5.41 Å². The molecule has 156 valence electrons. The lowest BCUT2D eigenvalue weighted by molar-refractivity contribution is -0.120. The molecule has 0 spiro atoms. The normalized spacial score (nSPS) is 25.7. The number of amides is 1. The monoisotopic (exact) mass is 424 g/mol. The Bertz CT molecular complexity index is 1090. The van der Waals surface area contributed by atoms with Crippen LogP contribution in [-0.2, 0) is 10.2 Å². The first-order valence-corrected chi connectivity index (χ1v) is 11.2. The van der Waals surface area contributed by atoms with Gasteiger partial charge in [0.15, 0.2) is 12.4 Å². The van der Waals surface area contributed by atoms with Gasteiger partial charge in [0.25, 0.3) is 5.91 Å². The van der Waals surface area contributed by atoms with E-state index in [0.717, 1.165) is 24.2 Å². The summed E-state index contributed by atoms with van der Waals surface area (Å²) in [5.74, 6) is 1.05. The van der Waals surface area contributed by atoms with E-state index in [1.54, 1.807) is 25.2 Å². The summed E-state index contributed by atoms with van der Waals surface area (Å²) >= 11 is 1.31. The lowest BCUT2D eigenvalue weighted by Gasteiger charge is -2.33. The average molecular weight is 425 g/mol. The predicted molar refractivity (Wildman–Crippen MR) is 113 cm³/mol. The van der Waals surface area contributed by atoms with Gasteiger partial charge in [-0.2, -0.15) is 5.10 Å². The number of benzene rings is 1. The standard InChI is InChI=1S/C22H24N4O3S/c1-21(2)13-7-8-22(21,3)19-18(13)24-25-20(23-19)30-11-15(27)12-5-6-16-14(9-12)26(4)17(28)10-29-16/h5-6,9,13H,7-8,10-11H2,1-4H3/t13-,22-/m1/s1. The van der Waals surface area contributed by atoms with Crippen LogP contribution in [0.25, 0.3) is 0 Å². The molecule has 2 aromatic rings. The molecule has 1 aromatic heterocycles. The summed E-state index contributed by atoms with van der Waals surface area (Å²) < 4.78 is 5.43. The van der Waals surface area contributed by atoms with Crippen molar-refractivity contribution in [1.29, 1.82) is 0 Å². The first-order valence-electron chi connectivity index (χ1n) is 10.2. The molecule has 0 saturated heterocycles. The zero-order valence-corrected chi connectivity index (χ0v) is 18.4. The Hall–Kier alpha value is -2.48. The molecule has 1 fully saturated rings. The Kier molecular flexibility index (Phi) is 4.23. The Labute approximate surface area is 179 Å². The van der Waals surface area contributed by atoms with E-state index in [0.29, 0.717) is 28.1 Å². The van der Waals surface area contributed by atoms with Crippen LogP contribution < -0.4 is 9.64 Å². The molecular formula is C22H24N4O3S. The summed E-state index contributed by atoms with van der Waals surface area (Å²) in [6.45, 7) is 6.89. The SMILES string of the molecule is CN1C(=O)COc2ccc(C(=O)CSc3nnc4c(n3)[C@@]3(C)CC[C@H]4C3(C)C)cc21. The van der Waals surface area contributed by atoms with E-state index in [-0.39, 0.29) is 34.9 Å². The van der Waals surface area contributed by atoms with Crippen LogP contribution in [0.4, 0.5) is 5.69 Å². The van der Waals surface area contributed by atoms with Crippen LogP contribution in [0.15, 0.2) is 23.4 Å². The third-order valence-electron chi connectivity index (χ3n) is 7.47. The molecule has 1 aromatic carbocycles. The Morgan fingerprint density at radius 2 is 2.10 bits per heavy atom. The molecule has 0 radical (unpaired) electrons. The first kappa shape index (κ1) is 19.5. The highest BCUT2D eigenvalue weighted by Gasteiger charge is 2.61. The zero-order chi connectivity index (χ0) is 21.3. The van der Waals surface area contributed by atoms with E-state index < -0.39 is 0 Å². The third kappa shape index (κ3) is 2.62. The summed E-state index contributed by atoms with van der Waals surface area (Å²) in [6.07, 6.45) is 2.25. The van der Waals surface area contributed by atoms with Crippen LogP contribution in [0.5, 0.6) is 5.75 Å². The molecule has 5 rings (SSSR count). The Balaban J connectivity index is 1.34. The van der Waals surface area contributed by atoms with Crippen LogP contribution in [0.1, 0.15) is 61.3 Å². The number of carbonyl (C=O) groups excluding carboxylic acids is 2. The number of carbonyl (C=O) groups is 2. The van der Waals surface area contributed by atoms with Crippen molar-refractivity contribution in [1.82, 2.24) is 15.2 Å². The van der Waals surface area contributed by atoms with Gasteiger partial charge in [-0.25, -0.2) is 4.98 Å². The number of fused-ring (bicyclic) bond motifs is 6. The molecule has 2 atom stereocenters. The number of aromatic nitrogens is 3. The van der Waals surface area contributed by atoms with Crippen molar-refractivity contribution in [2.45, 2.75) is 50.1 Å². The van der Waals surface area contributed by atoms with E-state index in [9.17, 15) is 9.59 Å². The zero-order valence-electron chi connectivity index (χ0n) is 17.6. The maximum atomic E-state index is 12.8. The number of likely N-dealkylation sites (N-methyl/N-ethyl adjacent to an activating group) is 1. The predicted octanol–water partition coefficient (Wildman–Crippen LogP) is 3.38. The van der Waals surface area contributed by atoms with Crippen LogP contribution in [0, 0.1) is 5.41 Å². The van der Waals surface area contributed by atoms with Crippen molar-refractivity contribution < 1.29 is 14.3 Å². The second kappa shape index (κ2) is 6.51. The fourth-order valence-corrected chi connectivity index (χ4v) is 5.76. The second-order valence-electron chi connectivity index (χ2n) is 9.11. The van der Waals surface area contributed by atoms with Gasteiger partial charge in [0.2, 0.25) is 5.16 Å². The van der Waals surface area contributed by atoms with Gasteiger partial charge in [0.1, 0.15) is 5.75 Å². The molecule has 2 bridgehead atoms. The maximum absolute atomic E-state index is 12.8. The highest BCUT2D eigenvalue weighted by atomic mass is 32.2. The van der Waals surface area contributed by atoms with Crippen molar-refractivity contribution >= 4 is 29.1 Å². The summed E-state index contributed by atoms with van der Waals surface area (Å²) in [7, 11) is 1.69. The van der Waals surface area contributed by atoms with Crippen molar-refractivity contribution in [3.8, 4) is 5.75 Å². The van der Waals surface area contributed by atoms with E-state index in [1.807, 2.05) is 0 Å². The van der Waals surface area contributed by atoms with Gasteiger partial charge in [-0.1, -0.05) is 32.5 Å². The minimum Gasteiger partial charge on any atom is -0.482 e. The summed E-state index contributed by atoms with van der Waals surface area (Å²) in [5, 5.41) is 9.35. The number of rotatable bonds is 4. The minimum atomic E-state index is -0.134. The van der Waals surface area contributed by atoms with Gasteiger partial charge in [-0.05, 0) is 36.5 Å². The molecule has 2 aliphatic carbocycles. The van der Waals surface area contributed by atoms with Crippen molar-refractivity contribution in [2.75, 3.05) is 24.3 Å². The highest BCUT2D eigenvalue weighted by Crippen LogP contribution is 2.66. The number of Topliss-reactive ketones (excluding diaryl/α,β-unsaturated/α-hetero) is 1. The number of nitrogens with zero attached hydrogens (tertiary/aromatic N) is 4.